The predicted molar refractivity (Wildman–Crippen MR) is 90.5 cm³/mol. The van der Waals surface area contributed by atoms with Gasteiger partial charge in [-0.15, -0.1) is 0 Å². The molecule has 1 aromatic rings. The number of benzene rings is 1. The molecule has 0 atom stereocenters. The molecule has 0 spiro atoms. The third-order valence-electron chi connectivity index (χ3n) is 3.78. The minimum absolute atomic E-state index is 0.118. The van der Waals surface area contributed by atoms with Gasteiger partial charge in [0.2, 0.25) is 0 Å². The van der Waals surface area contributed by atoms with E-state index in [-0.39, 0.29) is 11.5 Å². The van der Waals surface area contributed by atoms with Gasteiger partial charge in [0.05, 0.1) is 5.71 Å². The Bertz CT molecular complexity index is 458. The lowest BCUT2D eigenvalue weighted by Gasteiger charge is -2.07. The second-order valence-electron chi connectivity index (χ2n) is 5.65. The number of phenolic OH excluding ortho intramolecular Hbond substituents is 2. The van der Waals surface area contributed by atoms with Crippen molar-refractivity contribution in [3.8, 4) is 11.5 Å². The SMILES string of the molecule is CCCCCCCCCC/C(=N\OC)c1ccc(O)c(O)c1. The summed E-state index contributed by atoms with van der Waals surface area (Å²) in [6.07, 6.45) is 10.9. The van der Waals surface area contributed by atoms with Gasteiger partial charge in [-0.2, -0.15) is 0 Å². The fourth-order valence-corrected chi connectivity index (χ4v) is 2.48. The monoisotopic (exact) mass is 307 g/mol. The normalized spacial score (nSPS) is 11.6. The van der Waals surface area contributed by atoms with Gasteiger partial charge in [0.1, 0.15) is 7.11 Å². The van der Waals surface area contributed by atoms with Crippen molar-refractivity contribution in [3.05, 3.63) is 23.8 Å². The van der Waals surface area contributed by atoms with Crippen LogP contribution in [0.3, 0.4) is 0 Å². The Labute approximate surface area is 133 Å². The lowest BCUT2D eigenvalue weighted by molar-refractivity contribution is 0.212. The van der Waals surface area contributed by atoms with Crippen molar-refractivity contribution in [2.75, 3.05) is 7.11 Å². The van der Waals surface area contributed by atoms with Gasteiger partial charge in [-0.1, -0.05) is 57.0 Å². The first-order valence-electron chi connectivity index (χ1n) is 8.31. The molecule has 0 aromatic heterocycles. The van der Waals surface area contributed by atoms with E-state index in [0.29, 0.717) is 0 Å². The number of hydrogen-bond acceptors (Lipinski definition) is 4. The third-order valence-corrected chi connectivity index (χ3v) is 3.78. The molecular weight excluding hydrogens is 278 g/mol. The average molecular weight is 307 g/mol. The van der Waals surface area contributed by atoms with E-state index in [1.54, 1.807) is 6.07 Å². The Kier molecular flexibility index (Phi) is 9.12. The van der Waals surface area contributed by atoms with Gasteiger partial charge in [0.15, 0.2) is 11.5 Å². The molecule has 0 bridgehead atoms. The Balaban J connectivity index is 2.36. The standard InChI is InChI=1S/C18H29NO3/c1-3-4-5-6-7-8-9-10-11-16(19-22-2)15-12-13-17(20)18(21)14-15/h12-14,20-21H,3-11H2,1-2H3/b19-16+. The van der Waals surface area contributed by atoms with E-state index < -0.39 is 0 Å². The summed E-state index contributed by atoms with van der Waals surface area (Å²) < 4.78 is 0. The van der Waals surface area contributed by atoms with Crippen molar-refractivity contribution in [1.29, 1.82) is 0 Å². The number of aromatic hydroxyl groups is 2. The van der Waals surface area contributed by atoms with Crippen molar-refractivity contribution in [2.24, 2.45) is 5.16 Å². The van der Waals surface area contributed by atoms with E-state index in [9.17, 15) is 10.2 Å². The van der Waals surface area contributed by atoms with Crippen LogP contribution < -0.4 is 0 Å². The van der Waals surface area contributed by atoms with Crippen molar-refractivity contribution in [3.63, 3.8) is 0 Å². The molecule has 22 heavy (non-hydrogen) atoms. The Morgan fingerprint density at radius 1 is 0.955 bits per heavy atom. The van der Waals surface area contributed by atoms with Crippen LogP contribution in [0, 0.1) is 0 Å². The fourth-order valence-electron chi connectivity index (χ4n) is 2.48. The highest BCUT2D eigenvalue weighted by Crippen LogP contribution is 2.26. The zero-order valence-electron chi connectivity index (χ0n) is 13.8. The lowest BCUT2D eigenvalue weighted by Crippen LogP contribution is -2.02. The summed E-state index contributed by atoms with van der Waals surface area (Å²) in [5, 5.41) is 23.0. The molecule has 124 valence electrons. The number of unbranched alkanes of at least 4 members (excludes halogenated alkanes) is 7. The first-order chi connectivity index (χ1) is 10.7. The van der Waals surface area contributed by atoms with Crippen molar-refractivity contribution in [2.45, 2.75) is 64.7 Å². The maximum Gasteiger partial charge on any atom is 0.158 e. The molecular formula is C18H29NO3. The van der Waals surface area contributed by atoms with E-state index in [1.807, 2.05) is 0 Å². The van der Waals surface area contributed by atoms with Crippen LogP contribution in [0.15, 0.2) is 23.4 Å². The number of nitrogens with zero attached hydrogens (tertiary/aromatic N) is 1. The summed E-state index contributed by atoms with van der Waals surface area (Å²) in [6, 6.07) is 4.75. The maximum atomic E-state index is 9.58. The molecule has 0 aliphatic carbocycles. The second kappa shape index (κ2) is 10.9. The molecule has 0 saturated heterocycles. The molecule has 0 aliphatic heterocycles. The largest absolute Gasteiger partial charge is 0.504 e. The molecule has 0 radical (unpaired) electrons. The maximum absolute atomic E-state index is 9.58. The summed E-state index contributed by atoms with van der Waals surface area (Å²) in [7, 11) is 1.52. The molecule has 0 fully saturated rings. The van der Waals surface area contributed by atoms with Crippen LogP contribution >= 0.6 is 0 Å². The highest BCUT2D eigenvalue weighted by molar-refractivity contribution is 6.00. The van der Waals surface area contributed by atoms with Gasteiger partial charge in [-0.3, -0.25) is 0 Å². The highest BCUT2D eigenvalue weighted by atomic mass is 16.6. The van der Waals surface area contributed by atoms with E-state index in [0.717, 1.165) is 24.1 Å². The van der Waals surface area contributed by atoms with Gasteiger partial charge in [0.25, 0.3) is 0 Å². The molecule has 0 saturated carbocycles. The van der Waals surface area contributed by atoms with Crippen LogP contribution in [0.4, 0.5) is 0 Å². The topological polar surface area (TPSA) is 62.0 Å². The molecule has 2 N–H and O–H groups in total. The minimum atomic E-state index is -0.128. The zero-order chi connectivity index (χ0) is 16.2. The molecule has 0 aliphatic rings. The van der Waals surface area contributed by atoms with Crippen LogP contribution in [0.1, 0.15) is 70.3 Å². The van der Waals surface area contributed by atoms with E-state index in [2.05, 4.69) is 12.1 Å². The van der Waals surface area contributed by atoms with Crippen LogP contribution in [-0.4, -0.2) is 23.0 Å². The Morgan fingerprint density at radius 3 is 2.18 bits per heavy atom. The summed E-state index contributed by atoms with van der Waals surface area (Å²) in [5.41, 5.74) is 1.60. The average Bonchev–Trinajstić information content (AvgIpc) is 2.51. The van der Waals surface area contributed by atoms with Crippen LogP contribution in [0.5, 0.6) is 11.5 Å². The van der Waals surface area contributed by atoms with Gasteiger partial charge in [-0.25, -0.2) is 0 Å². The summed E-state index contributed by atoms with van der Waals surface area (Å²) in [5.74, 6) is -0.246. The summed E-state index contributed by atoms with van der Waals surface area (Å²) >= 11 is 0. The summed E-state index contributed by atoms with van der Waals surface area (Å²) in [6.45, 7) is 2.23. The fraction of sp³-hybridized carbons (Fsp3) is 0.611. The second-order valence-corrected chi connectivity index (χ2v) is 5.65. The predicted octanol–water partition coefficient (Wildman–Crippen LogP) is 4.98. The molecule has 4 heteroatoms. The molecule has 1 rings (SSSR count). The van der Waals surface area contributed by atoms with Gasteiger partial charge in [0, 0.05) is 5.56 Å². The van der Waals surface area contributed by atoms with E-state index in [4.69, 9.17) is 4.84 Å². The van der Waals surface area contributed by atoms with Crippen LogP contribution in [0.25, 0.3) is 0 Å². The van der Waals surface area contributed by atoms with Crippen molar-refractivity contribution in [1.82, 2.24) is 0 Å². The quantitative estimate of drug-likeness (QED) is 0.262. The highest BCUT2D eigenvalue weighted by Gasteiger charge is 2.08. The first-order valence-corrected chi connectivity index (χ1v) is 8.31. The van der Waals surface area contributed by atoms with Gasteiger partial charge < -0.3 is 15.1 Å². The lowest BCUT2D eigenvalue weighted by atomic mass is 10.0. The Hall–Kier alpha value is -1.71. The smallest absolute Gasteiger partial charge is 0.158 e. The van der Waals surface area contributed by atoms with E-state index >= 15 is 0 Å². The van der Waals surface area contributed by atoms with Gasteiger partial charge in [-0.05, 0) is 31.0 Å². The number of hydrogen-bond donors (Lipinski definition) is 2. The van der Waals surface area contributed by atoms with Gasteiger partial charge >= 0.3 is 0 Å². The third kappa shape index (κ3) is 6.83. The molecule has 0 amide bonds. The molecule has 4 nitrogen and oxygen atoms in total. The summed E-state index contributed by atoms with van der Waals surface area (Å²) in [4.78, 5) is 4.89. The zero-order valence-corrected chi connectivity index (χ0v) is 13.8. The molecule has 1 aromatic carbocycles. The molecule has 0 unspecified atom stereocenters. The number of phenols is 2. The van der Waals surface area contributed by atoms with Crippen molar-refractivity contribution >= 4 is 5.71 Å². The number of oxime groups is 1. The van der Waals surface area contributed by atoms with E-state index in [1.165, 1.54) is 64.2 Å². The van der Waals surface area contributed by atoms with Crippen molar-refractivity contribution < 1.29 is 15.1 Å². The molecule has 0 heterocycles. The Morgan fingerprint density at radius 2 is 1.59 bits per heavy atom. The number of rotatable bonds is 11. The van der Waals surface area contributed by atoms with Crippen LogP contribution in [0.2, 0.25) is 0 Å². The minimum Gasteiger partial charge on any atom is -0.504 e. The first kappa shape index (κ1) is 18.3. The van der Waals surface area contributed by atoms with Crippen LogP contribution in [-0.2, 0) is 4.84 Å².